The molecule has 9 nitrogen and oxygen atoms in total. The van der Waals surface area contributed by atoms with Gasteiger partial charge in [-0.1, -0.05) is 26.8 Å². The number of benzene rings is 1. The van der Waals surface area contributed by atoms with Crippen molar-refractivity contribution >= 4 is 17.8 Å². The Morgan fingerprint density at radius 1 is 1.19 bits per heavy atom. The number of carbonyl (C=O) groups excluding carboxylic acids is 3. The quantitative estimate of drug-likeness (QED) is 0.581. The lowest BCUT2D eigenvalue weighted by atomic mass is 9.77. The van der Waals surface area contributed by atoms with Crippen molar-refractivity contribution in [2.24, 2.45) is 11.8 Å². The summed E-state index contributed by atoms with van der Waals surface area (Å²) in [4.78, 5) is 37.9. The van der Waals surface area contributed by atoms with E-state index in [9.17, 15) is 14.4 Å². The summed E-state index contributed by atoms with van der Waals surface area (Å²) in [6.07, 6.45) is 2.95. The molecule has 2 fully saturated rings. The smallest absolute Gasteiger partial charge is 0.344 e. The number of urea groups is 1. The van der Waals surface area contributed by atoms with E-state index in [1.165, 1.54) is 0 Å². The number of hydrogen-bond acceptors (Lipinski definition) is 6. The predicted octanol–water partition coefficient (Wildman–Crippen LogP) is 2.28. The molecular formula is C23H32N4O5. The fraction of sp³-hybridized carbons (Fsp3) is 0.609. The van der Waals surface area contributed by atoms with E-state index in [-0.39, 0.29) is 24.4 Å². The molecule has 1 spiro atoms. The Kier molecular flexibility index (Phi) is 6.28. The summed E-state index contributed by atoms with van der Waals surface area (Å²) < 4.78 is 11.3. The topological polar surface area (TPSA) is 109 Å². The van der Waals surface area contributed by atoms with Gasteiger partial charge >= 0.3 is 6.03 Å². The summed E-state index contributed by atoms with van der Waals surface area (Å²) in [5.74, 6) is 1.32. The molecule has 1 atom stereocenters. The number of nitrogens with zero attached hydrogens (tertiary/aromatic N) is 1. The van der Waals surface area contributed by atoms with Gasteiger partial charge in [-0.25, -0.2) is 4.79 Å². The van der Waals surface area contributed by atoms with Gasteiger partial charge in [-0.3, -0.25) is 15.0 Å². The van der Waals surface area contributed by atoms with Crippen molar-refractivity contribution in [2.45, 2.75) is 58.0 Å². The number of ether oxygens (including phenoxy) is 2. The maximum atomic E-state index is 12.9. The molecule has 1 saturated carbocycles. The highest BCUT2D eigenvalue weighted by Gasteiger charge is 2.52. The van der Waals surface area contributed by atoms with Crippen LogP contribution in [0.4, 0.5) is 4.79 Å². The zero-order valence-corrected chi connectivity index (χ0v) is 18.9. The van der Waals surface area contributed by atoms with Gasteiger partial charge in [0, 0.05) is 6.04 Å². The molecule has 4 amide bonds. The van der Waals surface area contributed by atoms with E-state index in [0.29, 0.717) is 43.5 Å². The van der Waals surface area contributed by atoms with Crippen molar-refractivity contribution in [3.05, 3.63) is 23.8 Å². The van der Waals surface area contributed by atoms with Crippen LogP contribution in [0.2, 0.25) is 0 Å². The number of hydrogen-bond donors (Lipinski definition) is 3. The SMILES string of the molecule is CC1CCC2(CC1)NC(=O)N(NC(=O)CN[C@H](c1ccc3c(c1)OCCO3)C(C)C)C2=O. The highest BCUT2D eigenvalue weighted by molar-refractivity contribution is 6.08. The third-order valence-corrected chi connectivity index (χ3v) is 6.60. The molecule has 1 saturated heterocycles. The molecule has 3 N–H and O–H groups in total. The van der Waals surface area contributed by atoms with Crippen LogP contribution < -0.4 is 25.5 Å². The van der Waals surface area contributed by atoms with Crippen LogP contribution in [0.1, 0.15) is 58.1 Å². The van der Waals surface area contributed by atoms with Gasteiger partial charge < -0.3 is 20.1 Å². The number of rotatable bonds is 6. The molecule has 32 heavy (non-hydrogen) atoms. The molecule has 174 valence electrons. The average Bonchev–Trinajstić information content (AvgIpc) is 3.00. The molecule has 0 radical (unpaired) electrons. The standard InChI is InChI=1S/C23H32N4O5/c1-14(2)20(16-4-5-17-18(12-16)32-11-10-31-17)24-13-19(28)26-27-21(29)23(25-22(27)30)8-6-15(3)7-9-23/h4-5,12,14-15,20,24H,6-11,13H2,1-3H3,(H,25,30)(H,26,28)/t15?,20-,23?/m0/s1. The van der Waals surface area contributed by atoms with Crippen molar-refractivity contribution in [3.63, 3.8) is 0 Å². The van der Waals surface area contributed by atoms with E-state index >= 15 is 0 Å². The Morgan fingerprint density at radius 3 is 2.56 bits per heavy atom. The third kappa shape index (κ3) is 4.39. The monoisotopic (exact) mass is 444 g/mol. The summed E-state index contributed by atoms with van der Waals surface area (Å²) >= 11 is 0. The summed E-state index contributed by atoms with van der Waals surface area (Å²) in [7, 11) is 0. The minimum absolute atomic E-state index is 0.0433. The lowest BCUT2D eigenvalue weighted by Gasteiger charge is -2.33. The van der Waals surface area contributed by atoms with E-state index in [4.69, 9.17) is 9.47 Å². The van der Waals surface area contributed by atoms with Crippen LogP contribution in [0.25, 0.3) is 0 Å². The van der Waals surface area contributed by atoms with Crippen LogP contribution >= 0.6 is 0 Å². The summed E-state index contributed by atoms with van der Waals surface area (Å²) in [6.45, 7) is 7.24. The van der Waals surface area contributed by atoms with Crippen LogP contribution in [-0.4, -0.2) is 48.2 Å². The number of carbonyl (C=O) groups is 3. The van der Waals surface area contributed by atoms with Gasteiger partial charge in [0.15, 0.2) is 11.5 Å². The molecule has 0 aromatic heterocycles. The molecule has 0 unspecified atom stereocenters. The van der Waals surface area contributed by atoms with Crippen molar-refractivity contribution in [3.8, 4) is 11.5 Å². The summed E-state index contributed by atoms with van der Waals surface area (Å²) in [5.41, 5.74) is 2.58. The molecule has 1 aromatic rings. The van der Waals surface area contributed by atoms with Gasteiger partial charge in [0.2, 0.25) is 0 Å². The minimum Gasteiger partial charge on any atom is -0.486 e. The van der Waals surface area contributed by atoms with E-state index in [0.717, 1.165) is 23.4 Å². The average molecular weight is 445 g/mol. The van der Waals surface area contributed by atoms with E-state index in [1.54, 1.807) is 0 Å². The first-order valence-electron chi connectivity index (χ1n) is 11.4. The Balaban J connectivity index is 1.37. The van der Waals surface area contributed by atoms with Crippen molar-refractivity contribution in [1.82, 2.24) is 21.1 Å². The first kappa shape index (κ1) is 22.4. The molecule has 3 aliphatic rings. The van der Waals surface area contributed by atoms with Crippen molar-refractivity contribution in [2.75, 3.05) is 19.8 Å². The van der Waals surface area contributed by atoms with Crippen LogP contribution in [0, 0.1) is 11.8 Å². The first-order valence-corrected chi connectivity index (χ1v) is 11.4. The van der Waals surface area contributed by atoms with Gasteiger partial charge in [-0.2, -0.15) is 5.01 Å². The number of amides is 4. The molecule has 4 rings (SSSR count). The fourth-order valence-corrected chi connectivity index (χ4v) is 4.67. The molecule has 1 aromatic carbocycles. The first-order chi connectivity index (χ1) is 15.3. The molecule has 2 heterocycles. The van der Waals surface area contributed by atoms with Gasteiger partial charge in [0.25, 0.3) is 11.8 Å². The highest BCUT2D eigenvalue weighted by Crippen LogP contribution is 2.36. The van der Waals surface area contributed by atoms with Crippen molar-refractivity contribution < 1.29 is 23.9 Å². The second-order valence-corrected chi connectivity index (χ2v) is 9.38. The Morgan fingerprint density at radius 2 is 1.88 bits per heavy atom. The fourth-order valence-electron chi connectivity index (χ4n) is 4.67. The van der Waals surface area contributed by atoms with Crippen molar-refractivity contribution in [1.29, 1.82) is 0 Å². The number of imide groups is 1. The van der Waals surface area contributed by atoms with Crippen LogP contribution in [0.15, 0.2) is 18.2 Å². The number of nitrogens with one attached hydrogen (secondary N) is 3. The Bertz CT molecular complexity index is 894. The summed E-state index contributed by atoms with van der Waals surface area (Å²) in [6, 6.07) is 5.07. The number of hydrazine groups is 1. The normalized spacial score (nSPS) is 25.8. The zero-order valence-electron chi connectivity index (χ0n) is 18.9. The van der Waals surface area contributed by atoms with Crippen LogP contribution in [-0.2, 0) is 9.59 Å². The van der Waals surface area contributed by atoms with Crippen LogP contribution in [0.3, 0.4) is 0 Å². The van der Waals surface area contributed by atoms with Gasteiger partial charge in [-0.15, -0.1) is 0 Å². The van der Waals surface area contributed by atoms with Gasteiger partial charge in [0.1, 0.15) is 18.8 Å². The molecule has 9 heteroatoms. The highest BCUT2D eigenvalue weighted by atomic mass is 16.6. The summed E-state index contributed by atoms with van der Waals surface area (Å²) in [5, 5.41) is 6.90. The largest absolute Gasteiger partial charge is 0.486 e. The third-order valence-electron chi connectivity index (χ3n) is 6.60. The van der Waals surface area contributed by atoms with E-state index < -0.39 is 17.5 Å². The number of fused-ring (bicyclic) bond motifs is 1. The zero-order chi connectivity index (χ0) is 22.9. The van der Waals surface area contributed by atoms with E-state index in [1.807, 2.05) is 18.2 Å². The molecule has 0 bridgehead atoms. The second-order valence-electron chi connectivity index (χ2n) is 9.38. The molecule has 1 aliphatic carbocycles. The second kappa shape index (κ2) is 8.97. The molecular weight excluding hydrogens is 412 g/mol. The van der Waals surface area contributed by atoms with Gasteiger partial charge in [-0.05, 0) is 55.2 Å². The Labute approximate surface area is 188 Å². The molecule has 2 aliphatic heterocycles. The minimum atomic E-state index is -0.879. The van der Waals surface area contributed by atoms with Gasteiger partial charge in [0.05, 0.1) is 6.54 Å². The Hall–Kier alpha value is -2.81. The lowest BCUT2D eigenvalue weighted by molar-refractivity contribution is -0.139. The van der Waals surface area contributed by atoms with Crippen LogP contribution in [0.5, 0.6) is 11.5 Å². The maximum absolute atomic E-state index is 12.9. The lowest BCUT2D eigenvalue weighted by Crippen LogP contribution is -2.52. The van der Waals surface area contributed by atoms with E-state index in [2.05, 4.69) is 36.8 Å². The maximum Gasteiger partial charge on any atom is 0.344 e. The predicted molar refractivity (Wildman–Crippen MR) is 117 cm³/mol.